The maximum absolute atomic E-state index is 12.0. The molecule has 0 fully saturated rings. The highest BCUT2D eigenvalue weighted by molar-refractivity contribution is 6.46. The third-order valence-electron chi connectivity index (χ3n) is 2.68. The Kier molecular flexibility index (Phi) is 4.00. The van der Waals surface area contributed by atoms with Crippen LogP contribution in [0.4, 0.5) is 5.69 Å². The van der Waals surface area contributed by atoms with E-state index in [1.165, 1.54) is 25.3 Å². The highest BCUT2D eigenvalue weighted by atomic mass is 16.5. The van der Waals surface area contributed by atoms with E-state index >= 15 is 0 Å². The molecule has 0 aromatic heterocycles. The van der Waals surface area contributed by atoms with Gasteiger partial charge in [0, 0.05) is 11.3 Å². The van der Waals surface area contributed by atoms with Crippen molar-refractivity contribution < 1.29 is 19.4 Å². The van der Waals surface area contributed by atoms with Crippen LogP contribution in [0.3, 0.4) is 0 Å². The Hall–Kier alpha value is -2.82. The molecule has 0 saturated carbocycles. The smallest absolute Gasteiger partial charge is 0.296 e. The number of ketones is 1. The molecule has 0 spiro atoms. The Balaban J connectivity index is 2.17. The van der Waals surface area contributed by atoms with Crippen molar-refractivity contribution in [1.29, 1.82) is 0 Å². The van der Waals surface area contributed by atoms with Crippen LogP contribution in [0.5, 0.6) is 11.5 Å². The first-order chi connectivity index (χ1) is 9.61. The number of rotatable bonds is 4. The van der Waals surface area contributed by atoms with Crippen LogP contribution in [0.1, 0.15) is 10.4 Å². The Morgan fingerprint density at radius 1 is 1.10 bits per heavy atom. The largest absolute Gasteiger partial charge is 0.504 e. The van der Waals surface area contributed by atoms with E-state index in [1.807, 2.05) is 6.07 Å². The number of aromatic hydroxyl groups is 1. The molecule has 0 radical (unpaired) electrons. The van der Waals surface area contributed by atoms with E-state index in [4.69, 9.17) is 4.74 Å². The number of methoxy groups -OCH3 is 1. The fourth-order valence-electron chi connectivity index (χ4n) is 1.66. The molecule has 0 aliphatic rings. The molecule has 102 valence electrons. The van der Waals surface area contributed by atoms with E-state index in [2.05, 4.69) is 5.32 Å². The van der Waals surface area contributed by atoms with Crippen molar-refractivity contribution in [2.24, 2.45) is 0 Å². The van der Waals surface area contributed by atoms with Crippen LogP contribution in [-0.4, -0.2) is 23.9 Å². The van der Waals surface area contributed by atoms with Crippen molar-refractivity contribution in [2.75, 3.05) is 12.4 Å². The molecule has 0 atom stereocenters. The molecule has 0 bridgehead atoms. The van der Waals surface area contributed by atoms with Gasteiger partial charge in [-0.25, -0.2) is 0 Å². The molecule has 2 aromatic carbocycles. The average molecular weight is 271 g/mol. The van der Waals surface area contributed by atoms with Crippen LogP contribution in [0.25, 0.3) is 0 Å². The molecule has 5 heteroatoms. The summed E-state index contributed by atoms with van der Waals surface area (Å²) in [4.78, 5) is 23.8. The van der Waals surface area contributed by atoms with Gasteiger partial charge in [-0.05, 0) is 30.3 Å². The van der Waals surface area contributed by atoms with E-state index in [0.717, 1.165) is 0 Å². The number of phenols is 1. The monoisotopic (exact) mass is 271 g/mol. The van der Waals surface area contributed by atoms with E-state index < -0.39 is 11.7 Å². The minimum atomic E-state index is -0.746. The Labute approximate surface area is 115 Å². The summed E-state index contributed by atoms with van der Waals surface area (Å²) in [5.41, 5.74) is 0.685. The number of anilines is 1. The standard InChI is InChI=1S/C15H13NO4/c1-20-13-9-10(7-8-12(13)17)14(18)15(19)16-11-5-3-2-4-6-11/h2-9,17H,1H3,(H,16,19). The highest BCUT2D eigenvalue weighted by Crippen LogP contribution is 2.26. The summed E-state index contributed by atoms with van der Waals surface area (Å²) < 4.78 is 4.90. The fourth-order valence-corrected chi connectivity index (χ4v) is 1.66. The van der Waals surface area contributed by atoms with Crippen molar-refractivity contribution >= 4 is 17.4 Å². The molecule has 0 aliphatic carbocycles. The molecule has 20 heavy (non-hydrogen) atoms. The number of para-hydroxylation sites is 1. The number of benzene rings is 2. The van der Waals surface area contributed by atoms with Crippen LogP contribution in [0.15, 0.2) is 48.5 Å². The maximum Gasteiger partial charge on any atom is 0.296 e. The number of nitrogens with one attached hydrogen (secondary N) is 1. The summed E-state index contributed by atoms with van der Waals surface area (Å²) in [6.45, 7) is 0. The summed E-state index contributed by atoms with van der Waals surface area (Å²) in [7, 11) is 1.37. The lowest BCUT2D eigenvalue weighted by atomic mass is 10.1. The molecule has 2 rings (SSSR count). The first-order valence-electron chi connectivity index (χ1n) is 5.89. The molecule has 2 N–H and O–H groups in total. The number of hydrogen-bond acceptors (Lipinski definition) is 4. The molecule has 2 aromatic rings. The summed E-state index contributed by atoms with van der Waals surface area (Å²) in [6.07, 6.45) is 0. The summed E-state index contributed by atoms with van der Waals surface area (Å²) in [5, 5.41) is 12.0. The number of Topliss-reactive ketones (excluding diaryl/α,β-unsaturated/α-hetero) is 1. The highest BCUT2D eigenvalue weighted by Gasteiger charge is 2.18. The van der Waals surface area contributed by atoms with Gasteiger partial charge >= 0.3 is 0 Å². The van der Waals surface area contributed by atoms with Gasteiger partial charge in [0.1, 0.15) is 0 Å². The van der Waals surface area contributed by atoms with E-state index in [0.29, 0.717) is 5.69 Å². The van der Waals surface area contributed by atoms with Gasteiger partial charge in [-0.1, -0.05) is 18.2 Å². The molecule has 5 nitrogen and oxygen atoms in total. The Morgan fingerprint density at radius 3 is 2.45 bits per heavy atom. The predicted molar refractivity (Wildman–Crippen MR) is 74.1 cm³/mol. The second kappa shape index (κ2) is 5.88. The number of ether oxygens (including phenoxy) is 1. The first-order valence-corrected chi connectivity index (χ1v) is 5.89. The average Bonchev–Trinajstić information content (AvgIpc) is 2.48. The third-order valence-corrected chi connectivity index (χ3v) is 2.68. The minimum Gasteiger partial charge on any atom is -0.504 e. The second-order valence-corrected chi connectivity index (χ2v) is 4.04. The molecule has 0 heterocycles. The van der Waals surface area contributed by atoms with Crippen molar-refractivity contribution in [2.45, 2.75) is 0 Å². The predicted octanol–water partition coefficient (Wildman–Crippen LogP) is 2.22. The van der Waals surface area contributed by atoms with Gasteiger partial charge in [-0.2, -0.15) is 0 Å². The van der Waals surface area contributed by atoms with Crippen molar-refractivity contribution in [1.82, 2.24) is 0 Å². The zero-order chi connectivity index (χ0) is 14.5. The lowest BCUT2D eigenvalue weighted by Gasteiger charge is -2.07. The van der Waals surface area contributed by atoms with E-state index in [9.17, 15) is 14.7 Å². The van der Waals surface area contributed by atoms with Crippen molar-refractivity contribution in [3.05, 3.63) is 54.1 Å². The second-order valence-electron chi connectivity index (χ2n) is 4.04. The van der Waals surface area contributed by atoms with Crippen LogP contribution >= 0.6 is 0 Å². The van der Waals surface area contributed by atoms with Crippen molar-refractivity contribution in [3.8, 4) is 11.5 Å². The number of carbonyl (C=O) groups excluding carboxylic acids is 2. The fraction of sp³-hybridized carbons (Fsp3) is 0.0667. The summed E-state index contributed by atoms with van der Waals surface area (Å²) in [5.74, 6) is -1.40. The topological polar surface area (TPSA) is 75.6 Å². The van der Waals surface area contributed by atoms with Gasteiger partial charge in [0.2, 0.25) is 0 Å². The van der Waals surface area contributed by atoms with Crippen LogP contribution in [-0.2, 0) is 4.79 Å². The molecule has 1 amide bonds. The van der Waals surface area contributed by atoms with Gasteiger partial charge in [0.25, 0.3) is 11.7 Å². The molecule has 0 aliphatic heterocycles. The van der Waals surface area contributed by atoms with Gasteiger partial charge in [-0.3, -0.25) is 9.59 Å². The van der Waals surface area contributed by atoms with Gasteiger partial charge in [0.05, 0.1) is 7.11 Å². The minimum absolute atomic E-state index is 0.0903. The molecular formula is C15H13NO4. The third kappa shape index (κ3) is 2.95. The summed E-state index contributed by atoms with van der Waals surface area (Å²) >= 11 is 0. The number of amides is 1. The SMILES string of the molecule is COc1cc(C(=O)C(=O)Nc2ccccc2)ccc1O. The van der Waals surface area contributed by atoms with E-state index in [1.54, 1.807) is 24.3 Å². The zero-order valence-electron chi connectivity index (χ0n) is 10.8. The van der Waals surface area contributed by atoms with E-state index in [-0.39, 0.29) is 17.1 Å². The number of hydrogen-bond donors (Lipinski definition) is 2. The zero-order valence-corrected chi connectivity index (χ0v) is 10.8. The first kappa shape index (κ1) is 13.6. The quantitative estimate of drug-likeness (QED) is 0.660. The molecule has 0 saturated heterocycles. The van der Waals surface area contributed by atoms with Gasteiger partial charge in [0.15, 0.2) is 11.5 Å². The van der Waals surface area contributed by atoms with Crippen LogP contribution in [0.2, 0.25) is 0 Å². The lowest BCUT2D eigenvalue weighted by Crippen LogP contribution is -2.22. The van der Waals surface area contributed by atoms with Crippen LogP contribution in [0, 0.1) is 0 Å². The number of phenolic OH excluding ortho intramolecular Hbond substituents is 1. The Morgan fingerprint density at radius 2 is 1.80 bits per heavy atom. The summed E-state index contributed by atoms with van der Waals surface area (Å²) in [6, 6.07) is 12.7. The molecule has 0 unspecified atom stereocenters. The van der Waals surface area contributed by atoms with Crippen LogP contribution < -0.4 is 10.1 Å². The Bertz CT molecular complexity index is 638. The van der Waals surface area contributed by atoms with Gasteiger partial charge in [-0.15, -0.1) is 0 Å². The normalized spacial score (nSPS) is 9.85. The number of carbonyl (C=O) groups is 2. The lowest BCUT2D eigenvalue weighted by molar-refractivity contribution is -0.112. The molecular weight excluding hydrogens is 258 g/mol. The van der Waals surface area contributed by atoms with Gasteiger partial charge < -0.3 is 15.2 Å². The maximum atomic E-state index is 12.0. The van der Waals surface area contributed by atoms with Crippen molar-refractivity contribution in [3.63, 3.8) is 0 Å².